The Kier molecular flexibility index (Phi) is 12.5. The fraction of sp³-hybridized carbons (Fsp3) is 0.846. The molecule has 3 N–H and O–H groups in total. The normalized spacial score (nSPS) is 24.3. The molecule has 0 unspecified atom stereocenters. The number of esters is 1. The van der Waals surface area contributed by atoms with Crippen LogP contribution in [-0.2, 0) is 23.8 Å². The molecule has 0 aromatic heterocycles. The summed E-state index contributed by atoms with van der Waals surface area (Å²) in [7, 11) is 0. The average Bonchev–Trinajstić information content (AvgIpc) is 2.72. The molecule has 2 saturated carbocycles. The average molecular weight is 515 g/mol. The quantitative estimate of drug-likeness (QED) is 0.351. The van der Waals surface area contributed by atoms with Crippen LogP contribution in [0, 0.1) is 11.8 Å². The maximum Gasteiger partial charge on any atom is 0.407 e. The van der Waals surface area contributed by atoms with Gasteiger partial charge in [-0.05, 0) is 74.1 Å². The van der Waals surface area contributed by atoms with Crippen LogP contribution in [0.3, 0.4) is 0 Å². The van der Waals surface area contributed by atoms with Crippen LogP contribution >= 0.6 is 0 Å². The van der Waals surface area contributed by atoms with E-state index in [2.05, 4.69) is 10.6 Å². The van der Waals surface area contributed by atoms with Crippen molar-refractivity contribution in [3.05, 3.63) is 0 Å². The lowest BCUT2D eigenvalue weighted by Gasteiger charge is -2.31. The predicted molar refractivity (Wildman–Crippen MR) is 135 cm³/mol. The third-order valence-electron chi connectivity index (χ3n) is 5.84. The van der Waals surface area contributed by atoms with Gasteiger partial charge in [0.2, 0.25) is 0 Å². The van der Waals surface area contributed by atoms with Crippen LogP contribution in [0.4, 0.5) is 9.59 Å². The standard InChI is InChI=1S/C14H25NO4.C12H21NO4/c1-5-18-12(16)10-8-6-7-9-11(10)15-13(17)19-14(2,3)4;1-12(2,3)17-11(16)13-9-7-5-4-6-8(9)10(14)15/h10-11H,5-9H2,1-4H3,(H,15,17);8-9H,4-7H2,1-3H3,(H,13,16)(H,14,15)/t10-,11+;8-,9+/m11/s1. The van der Waals surface area contributed by atoms with E-state index in [1.807, 2.05) is 20.8 Å². The number of carbonyl (C=O) groups is 4. The molecular weight excluding hydrogens is 468 g/mol. The largest absolute Gasteiger partial charge is 0.481 e. The van der Waals surface area contributed by atoms with E-state index < -0.39 is 35.3 Å². The molecule has 2 rings (SSSR count). The number of rotatable bonds is 5. The van der Waals surface area contributed by atoms with Crippen molar-refractivity contribution >= 4 is 24.1 Å². The summed E-state index contributed by atoms with van der Waals surface area (Å²) in [5, 5.41) is 14.5. The number of amides is 2. The van der Waals surface area contributed by atoms with Crippen molar-refractivity contribution < 1.29 is 38.5 Å². The number of carboxylic acids is 1. The molecule has 0 heterocycles. The van der Waals surface area contributed by atoms with Gasteiger partial charge in [-0.1, -0.05) is 25.7 Å². The van der Waals surface area contributed by atoms with Gasteiger partial charge in [0.15, 0.2) is 0 Å². The monoisotopic (exact) mass is 514 g/mol. The van der Waals surface area contributed by atoms with E-state index in [0.29, 0.717) is 19.4 Å². The first-order valence-electron chi connectivity index (χ1n) is 13.0. The predicted octanol–water partition coefficient (Wildman–Crippen LogP) is 4.79. The van der Waals surface area contributed by atoms with Crippen molar-refractivity contribution in [1.82, 2.24) is 10.6 Å². The maximum absolute atomic E-state index is 11.9. The molecule has 208 valence electrons. The molecule has 2 aliphatic rings. The highest BCUT2D eigenvalue weighted by Gasteiger charge is 2.34. The van der Waals surface area contributed by atoms with Crippen LogP contribution in [-0.4, -0.2) is 59.1 Å². The molecular formula is C26H46N2O8. The Bertz CT molecular complexity index is 741. The van der Waals surface area contributed by atoms with Crippen LogP contribution in [0.5, 0.6) is 0 Å². The van der Waals surface area contributed by atoms with Crippen molar-refractivity contribution in [3.63, 3.8) is 0 Å². The van der Waals surface area contributed by atoms with Gasteiger partial charge < -0.3 is 30.0 Å². The highest BCUT2D eigenvalue weighted by Crippen LogP contribution is 2.26. The number of alkyl carbamates (subject to hydrolysis) is 2. The fourth-order valence-electron chi connectivity index (χ4n) is 4.35. The van der Waals surface area contributed by atoms with Gasteiger partial charge in [-0.3, -0.25) is 9.59 Å². The number of nitrogens with one attached hydrogen (secondary N) is 2. The molecule has 0 saturated heterocycles. The second-order valence-electron chi connectivity index (χ2n) is 11.4. The van der Waals surface area contributed by atoms with E-state index in [1.54, 1.807) is 27.7 Å². The summed E-state index contributed by atoms with van der Waals surface area (Å²) in [4.78, 5) is 46.2. The zero-order chi connectivity index (χ0) is 27.5. The van der Waals surface area contributed by atoms with E-state index in [-0.39, 0.29) is 24.0 Å². The van der Waals surface area contributed by atoms with Crippen molar-refractivity contribution in [3.8, 4) is 0 Å². The van der Waals surface area contributed by atoms with E-state index in [0.717, 1.165) is 38.5 Å². The lowest BCUT2D eigenvalue weighted by molar-refractivity contribution is -0.150. The third kappa shape index (κ3) is 12.4. The van der Waals surface area contributed by atoms with Crippen LogP contribution < -0.4 is 10.6 Å². The summed E-state index contributed by atoms with van der Waals surface area (Å²) in [5.74, 6) is -1.80. The van der Waals surface area contributed by atoms with Crippen molar-refractivity contribution in [2.75, 3.05) is 6.61 Å². The molecule has 2 amide bonds. The van der Waals surface area contributed by atoms with E-state index in [9.17, 15) is 19.2 Å². The second kappa shape index (κ2) is 14.3. The summed E-state index contributed by atoms with van der Waals surface area (Å²) in [6.45, 7) is 12.9. The van der Waals surface area contributed by atoms with Crippen LogP contribution in [0.1, 0.15) is 99.8 Å². The first kappa shape index (κ1) is 31.5. The van der Waals surface area contributed by atoms with Gasteiger partial charge in [0, 0.05) is 12.1 Å². The lowest BCUT2D eigenvalue weighted by Crippen LogP contribution is -2.47. The Morgan fingerprint density at radius 2 is 1.11 bits per heavy atom. The Balaban J connectivity index is 0.000000362. The molecule has 0 aliphatic heterocycles. The number of aliphatic carboxylic acids is 1. The SMILES string of the molecule is CC(C)(C)OC(=O)N[C@H]1CCCC[C@H]1C(=O)O.CCOC(=O)[C@@H]1CCCC[C@@H]1NC(=O)OC(C)(C)C. The zero-order valence-corrected chi connectivity index (χ0v) is 23.0. The van der Waals surface area contributed by atoms with Gasteiger partial charge in [0.1, 0.15) is 11.2 Å². The lowest BCUT2D eigenvalue weighted by atomic mass is 9.84. The van der Waals surface area contributed by atoms with Gasteiger partial charge in [0.25, 0.3) is 0 Å². The number of carboxylic acid groups (broad SMARTS) is 1. The Hall–Kier alpha value is -2.52. The maximum atomic E-state index is 11.9. The first-order chi connectivity index (χ1) is 16.6. The van der Waals surface area contributed by atoms with Crippen LogP contribution in [0.15, 0.2) is 0 Å². The topological polar surface area (TPSA) is 140 Å². The molecule has 10 heteroatoms. The minimum Gasteiger partial charge on any atom is -0.481 e. The Labute approximate surface area is 215 Å². The van der Waals surface area contributed by atoms with Gasteiger partial charge in [-0.15, -0.1) is 0 Å². The van der Waals surface area contributed by atoms with Crippen molar-refractivity contribution in [1.29, 1.82) is 0 Å². The van der Waals surface area contributed by atoms with Crippen molar-refractivity contribution in [2.45, 2.75) is 123 Å². The summed E-state index contributed by atoms with van der Waals surface area (Å²) < 4.78 is 15.4. The fourth-order valence-corrected chi connectivity index (χ4v) is 4.35. The second-order valence-corrected chi connectivity index (χ2v) is 11.4. The summed E-state index contributed by atoms with van der Waals surface area (Å²) in [6.07, 6.45) is 5.75. The van der Waals surface area contributed by atoms with Gasteiger partial charge in [0.05, 0.1) is 18.4 Å². The summed E-state index contributed by atoms with van der Waals surface area (Å²) in [5.41, 5.74) is -1.09. The van der Waals surface area contributed by atoms with Crippen LogP contribution in [0.2, 0.25) is 0 Å². The molecule has 10 nitrogen and oxygen atoms in total. The highest BCUT2D eigenvalue weighted by molar-refractivity contribution is 5.75. The molecule has 0 radical (unpaired) electrons. The van der Waals surface area contributed by atoms with E-state index in [1.165, 1.54) is 0 Å². The van der Waals surface area contributed by atoms with Gasteiger partial charge in [-0.2, -0.15) is 0 Å². The van der Waals surface area contributed by atoms with Gasteiger partial charge >= 0.3 is 24.1 Å². The number of carbonyl (C=O) groups excluding carboxylic acids is 3. The van der Waals surface area contributed by atoms with Crippen LogP contribution in [0.25, 0.3) is 0 Å². The highest BCUT2D eigenvalue weighted by atomic mass is 16.6. The zero-order valence-electron chi connectivity index (χ0n) is 23.0. The van der Waals surface area contributed by atoms with Gasteiger partial charge in [-0.25, -0.2) is 9.59 Å². The molecule has 36 heavy (non-hydrogen) atoms. The minimum absolute atomic E-state index is 0.178. The smallest absolute Gasteiger partial charge is 0.407 e. The molecule has 0 aromatic rings. The van der Waals surface area contributed by atoms with Crippen molar-refractivity contribution in [2.24, 2.45) is 11.8 Å². The number of hydrogen-bond acceptors (Lipinski definition) is 7. The molecule has 0 bridgehead atoms. The molecule has 0 aromatic carbocycles. The third-order valence-corrected chi connectivity index (χ3v) is 5.84. The minimum atomic E-state index is -0.842. The van der Waals surface area contributed by atoms with E-state index in [4.69, 9.17) is 19.3 Å². The number of ether oxygens (including phenoxy) is 3. The number of hydrogen-bond donors (Lipinski definition) is 3. The molecule has 0 spiro atoms. The summed E-state index contributed by atoms with van der Waals surface area (Å²) in [6, 6.07) is -0.487. The Morgan fingerprint density at radius 3 is 1.50 bits per heavy atom. The summed E-state index contributed by atoms with van der Waals surface area (Å²) >= 11 is 0. The molecule has 4 atom stereocenters. The molecule has 2 fully saturated rings. The molecule has 2 aliphatic carbocycles. The Morgan fingerprint density at radius 1 is 0.722 bits per heavy atom. The van der Waals surface area contributed by atoms with E-state index >= 15 is 0 Å². The first-order valence-corrected chi connectivity index (χ1v) is 13.0.